The fourth-order valence-corrected chi connectivity index (χ4v) is 1.81. The molecule has 1 fully saturated rings. The maximum Gasteiger partial charge on any atom is 0.242 e. The second-order valence-electron chi connectivity index (χ2n) is 4.66. The van der Waals surface area contributed by atoms with Crippen molar-refractivity contribution in [3.8, 4) is 0 Å². The molecule has 0 bridgehead atoms. The summed E-state index contributed by atoms with van der Waals surface area (Å²) in [6, 6.07) is -0.359. The zero-order chi connectivity index (χ0) is 12.8. The molecule has 0 aliphatic carbocycles. The van der Waals surface area contributed by atoms with E-state index >= 15 is 0 Å². The van der Waals surface area contributed by atoms with Crippen LogP contribution < -0.4 is 11.1 Å². The van der Waals surface area contributed by atoms with Crippen LogP contribution in [0, 0.1) is 5.92 Å². The lowest BCUT2D eigenvalue weighted by Gasteiger charge is -2.30. The van der Waals surface area contributed by atoms with Gasteiger partial charge < -0.3 is 20.7 Å². The third-order valence-corrected chi connectivity index (χ3v) is 2.46. The van der Waals surface area contributed by atoms with Crippen molar-refractivity contribution >= 4 is 11.8 Å². The lowest BCUT2D eigenvalue weighted by atomic mass is 10.1. The van der Waals surface area contributed by atoms with Gasteiger partial charge in [0.15, 0.2) is 0 Å². The van der Waals surface area contributed by atoms with Gasteiger partial charge in [0.05, 0.1) is 19.8 Å². The Balaban J connectivity index is 2.60. The van der Waals surface area contributed by atoms with Crippen LogP contribution in [0.25, 0.3) is 0 Å². The molecule has 1 heterocycles. The van der Waals surface area contributed by atoms with E-state index in [1.807, 2.05) is 13.8 Å². The van der Waals surface area contributed by atoms with Gasteiger partial charge >= 0.3 is 0 Å². The van der Waals surface area contributed by atoms with E-state index in [1.54, 1.807) is 0 Å². The normalized spacial score (nSPS) is 20.3. The minimum Gasteiger partial charge on any atom is -0.378 e. The minimum atomic E-state index is -0.490. The van der Waals surface area contributed by atoms with E-state index < -0.39 is 5.91 Å². The summed E-state index contributed by atoms with van der Waals surface area (Å²) in [4.78, 5) is 24.6. The van der Waals surface area contributed by atoms with Crippen molar-refractivity contribution in [2.24, 2.45) is 11.7 Å². The number of primary amides is 1. The summed E-state index contributed by atoms with van der Waals surface area (Å²) in [5.74, 6) is -0.310. The summed E-state index contributed by atoms with van der Waals surface area (Å²) in [6.45, 7) is 6.10. The number of ether oxygens (including phenoxy) is 1. The van der Waals surface area contributed by atoms with Crippen LogP contribution >= 0.6 is 0 Å². The first-order valence-corrected chi connectivity index (χ1v) is 5.89. The number of hydrogen-bond acceptors (Lipinski definition) is 4. The van der Waals surface area contributed by atoms with E-state index in [9.17, 15) is 9.59 Å². The molecular weight excluding hydrogens is 222 g/mol. The van der Waals surface area contributed by atoms with Crippen LogP contribution in [-0.2, 0) is 14.3 Å². The summed E-state index contributed by atoms with van der Waals surface area (Å²) in [5.41, 5.74) is 5.15. The van der Waals surface area contributed by atoms with E-state index in [0.29, 0.717) is 32.2 Å². The predicted octanol–water partition coefficient (Wildman–Crippen LogP) is -1.06. The molecule has 98 valence electrons. The molecule has 1 saturated heterocycles. The van der Waals surface area contributed by atoms with Crippen LogP contribution in [-0.4, -0.2) is 55.6 Å². The Morgan fingerprint density at radius 3 is 2.71 bits per heavy atom. The number of nitrogens with two attached hydrogens (primary N) is 1. The monoisotopic (exact) mass is 243 g/mol. The number of nitrogens with zero attached hydrogens (tertiary/aromatic N) is 1. The Morgan fingerprint density at radius 2 is 2.24 bits per heavy atom. The third kappa shape index (κ3) is 4.70. The van der Waals surface area contributed by atoms with Crippen LogP contribution in [0.15, 0.2) is 0 Å². The molecule has 2 amide bonds. The van der Waals surface area contributed by atoms with E-state index in [4.69, 9.17) is 10.5 Å². The van der Waals surface area contributed by atoms with Gasteiger partial charge in [-0.25, -0.2) is 0 Å². The maximum atomic E-state index is 12.1. The van der Waals surface area contributed by atoms with Crippen molar-refractivity contribution in [2.45, 2.75) is 19.9 Å². The van der Waals surface area contributed by atoms with Gasteiger partial charge in [-0.3, -0.25) is 9.59 Å². The molecule has 1 aliphatic rings. The molecule has 1 unspecified atom stereocenters. The molecule has 0 radical (unpaired) electrons. The maximum absolute atomic E-state index is 12.1. The summed E-state index contributed by atoms with van der Waals surface area (Å²) < 4.78 is 5.24. The molecule has 0 aromatic rings. The molecule has 1 atom stereocenters. The van der Waals surface area contributed by atoms with E-state index in [-0.39, 0.29) is 18.5 Å². The average molecular weight is 243 g/mol. The Hall–Kier alpha value is -1.14. The SMILES string of the molecule is CC(C)CN(CC(N)=O)C(=O)C1COCCN1. The highest BCUT2D eigenvalue weighted by Crippen LogP contribution is 2.04. The Labute approximate surface area is 101 Å². The zero-order valence-electron chi connectivity index (χ0n) is 10.4. The van der Waals surface area contributed by atoms with Crippen LogP contribution in [0.3, 0.4) is 0 Å². The standard InChI is InChI=1S/C11H21N3O3/c1-8(2)5-14(6-10(12)15)11(16)9-7-17-4-3-13-9/h8-9,13H,3-7H2,1-2H3,(H2,12,15). The molecule has 17 heavy (non-hydrogen) atoms. The minimum absolute atomic E-state index is 0.0325. The molecule has 1 aliphatic heterocycles. The predicted molar refractivity (Wildman–Crippen MR) is 63.2 cm³/mol. The smallest absolute Gasteiger partial charge is 0.242 e. The molecule has 0 spiro atoms. The van der Waals surface area contributed by atoms with Crippen molar-refractivity contribution in [3.05, 3.63) is 0 Å². The fraction of sp³-hybridized carbons (Fsp3) is 0.818. The van der Waals surface area contributed by atoms with Gasteiger partial charge in [-0.1, -0.05) is 13.8 Å². The molecular formula is C11H21N3O3. The second-order valence-corrected chi connectivity index (χ2v) is 4.66. The summed E-state index contributed by atoms with van der Waals surface area (Å²) >= 11 is 0. The number of amides is 2. The van der Waals surface area contributed by atoms with Gasteiger partial charge in [-0.2, -0.15) is 0 Å². The summed E-state index contributed by atoms with van der Waals surface area (Å²) in [7, 11) is 0. The summed E-state index contributed by atoms with van der Waals surface area (Å²) in [5, 5.41) is 3.08. The van der Waals surface area contributed by atoms with Crippen molar-refractivity contribution in [2.75, 3.05) is 32.8 Å². The van der Waals surface area contributed by atoms with Gasteiger partial charge in [0, 0.05) is 13.1 Å². The number of rotatable bonds is 5. The van der Waals surface area contributed by atoms with Crippen LogP contribution in [0.5, 0.6) is 0 Å². The first-order chi connectivity index (χ1) is 8.00. The van der Waals surface area contributed by atoms with Gasteiger partial charge in [0.1, 0.15) is 6.04 Å². The quantitative estimate of drug-likeness (QED) is 0.645. The van der Waals surface area contributed by atoms with Gasteiger partial charge in [-0.15, -0.1) is 0 Å². The van der Waals surface area contributed by atoms with Crippen molar-refractivity contribution < 1.29 is 14.3 Å². The molecule has 6 nitrogen and oxygen atoms in total. The molecule has 1 rings (SSSR count). The largest absolute Gasteiger partial charge is 0.378 e. The Morgan fingerprint density at radius 1 is 1.53 bits per heavy atom. The lowest BCUT2D eigenvalue weighted by molar-refractivity contribution is -0.140. The highest BCUT2D eigenvalue weighted by Gasteiger charge is 2.27. The molecule has 6 heteroatoms. The second kappa shape index (κ2) is 6.56. The third-order valence-electron chi connectivity index (χ3n) is 2.46. The number of carbonyl (C=O) groups excluding carboxylic acids is 2. The number of nitrogens with one attached hydrogen (secondary N) is 1. The van der Waals surface area contributed by atoms with Crippen molar-refractivity contribution in [1.82, 2.24) is 10.2 Å². The van der Waals surface area contributed by atoms with E-state index in [0.717, 1.165) is 0 Å². The molecule has 0 saturated carbocycles. The number of morpholine rings is 1. The highest BCUT2D eigenvalue weighted by atomic mass is 16.5. The van der Waals surface area contributed by atoms with Crippen LogP contribution in [0.1, 0.15) is 13.8 Å². The zero-order valence-corrected chi connectivity index (χ0v) is 10.4. The van der Waals surface area contributed by atoms with Gasteiger partial charge in [0.2, 0.25) is 11.8 Å². The first kappa shape index (κ1) is 13.9. The molecule has 3 N–H and O–H groups in total. The van der Waals surface area contributed by atoms with E-state index in [1.165, 1.54) is 4.90 Å². The lowest BCUT2D eigenvalue weighted by Crippen LogP contribution is -2.54. The summed E-state index contributed by atoms with van der Waals surface area (Å²) in [6.07, 6.45) is 0. The fourth-order valence-electron chi connectivity index (χ4n) is 1.81. The van der Waals surface area contributed by atoms with Gasteiger partial charge in [0.25, 0.3) is 0 Å². The Bertz CT molecular complexity index is 275. The van der Waals surface area contributed by atoms with E-state index in [2.05, 4.69) is 5.32 Å². The number of carbonyl (C=O) groups is 2. The molecule has 0 aromatic carbocycles. The molecule has 0 aromatic heterocycles. The van der Waals surface area contributed by atoms with Crippen LogP contribution in [0.2, 0.25) is 0 Å². The Kier molecular flexibility index (Phi) is 5.37. The average Bonchev–Trinajstić information content (AvgIpc) is 2.27. The van der Waals surface area contributed by atoms with Crippen molar-refractivity contribution in [1.29, 1.82) is 0 Å². The topological polar surface area (TPSA) is 84.7 Å². The first-order valence-electron chi connectivity index (χ1n) is 5.89. The number of hydrogen-bond donors (Lipinski definition) is 2. The van der Waals surface area contributed by atoms with Crippen LogP contribution in [0.4, 0.5) is 0 Å². The highest BCUT2D eigenvalue weighted by molar-refractivity contribution is 5.87. The van der Waals surface area contributed by atoms with Gasteiger partial charge in [-0.05, 0) is 5.92 Å². The van der Waals surface area contributed by atoms with Crippen molar-refractivity contribution in [3.63, 3.8) is 0 Å².